The van der Waals surface area contributed by atoms with E-state index in [9.17, 15) is 13.2 Å². The molecule has 0 N–H and O–H groups in total. The Morgan fingerprint density at radius 1 is 1.60 bits per heavy atom. The molecule has 1 aliphatic rings. The first kappa shape index (κ1) is 10.4. The highest BCUT2D eigenvalue weighted by Crippen LogP contribution is 2.31. The van der Waals surface area contributed by atoms with Crippen molar-refractivity contribution in [2.45, 2.75) is 19.3 Å². The quantitative estimate of drug-likeness (QED) is 0.700. The second-order valence-electron chi connectivity index (χ2n) is 3.76. The molecule has 2 rings (SSSR count). The fraction of sp³-hybridized carbons (Fsp3) is 0.556. The summed E-state index contributed by atoms with van der Waals surface area (Å²) in [6.45, 7) is 1.42. The lowest BCUT2D eigenvalue weighted by molar-refractivity contribution is 0.101. The van der Waals surface area contributed by atoms with Gasteiger partial charge in [0.1, 0.15) is 0 Å². The standard InChI is InChI=1S/C9H11NO4S/c1-6(11)8-4-10-14-9(8)7-2-3-15(12,13)5-7/h4,7H,2-3,5H2,1H3. The Labute approximate surface area is 87.4 Å². The van der Waals surface area contributed by atoms with E-state index in [-0.39, 0.29) is 23.2 Å². The predicted molar refractivity (Wildman–Crippen MR) is 52.5 cm³/mol. The van der Waals surface area contributed by atoms with Gasteiger partial charge in [0.15, 0.2) is 21.4 Å². The number of ketones is 1. The van der Waals surface area contributed by atoms with Crippen molar-refractivity contribution in [2.75, 3.05) is 11.5 Å². The summed E-state index contributed by atoms with van der Waals surface area (Å²) >= 11 is 0. The van der Waals surface area contributed by atoms with Gasteiger partial charge in [0.05, 0.1) is 23.3 Å². The van der Waals surface area contributed by atoms with Crippen molar-refractivity contribution in [3.63, 3.8) is 0 Å². The number of carbonyl (C=O) groups is 1. The SMILES string of the molecule is CC(=O)c1cnoc1C1CCS(=O)(=O)C1. The molecule has 0 bridgehead atoms. The molecule has 1 saturated heterocycles. The zero-order valence-electron chi connectivity index (χ0n) is 8.26. The first-order chi connectivity index (χ1) is 6.99. The third kappa shape index (κ3) is 1.94. The second kappa shape index (κ2) is 3.44. The molecule has 0 saturated carbocycles. The molecule has 0 amide bonds. The van der Waals surface area contributed by atoms with E-state index in [0.717, 1.165) is 0 Å². The highest BCUT2D eigenvalue weighted by molar-refractivity contribution is 7.91. The first-order valence-electron chi connectivity index (χ1n) is 4.65. The molecular weight excluding hydrogens is 218 g/mol. The number of sulfone groups is 1. The zero-order chi connectivity index (χ0) is 11.1. The highest BCUT2D eigenvalue weighted by atomic mass is 32.2. The van der Waals surface area contributed by atoms with E-state index < -0.39 is 9.84 Å². The molecule has 1 aromatic rings. The Hall–Kier alpha value is -1.17. The Balaban J connectivity index is 2.32. The lowest BCUT2D eigenvalue weighted by Gasteiger charge is -2.03. The van der Waals surface area contributed by atoms with Gasteiger partial charge in [-0.25, -0.2) is 8.42 Å². The van der Waals surface area contributed by atoms with Crippen LogP contribution in [0.4, 0.5) is 0 Å². The molecule has 5 nitrogen and oxygen atoms in total. The molecule has 82 valence electrons. The smallest absolute Gasteiger partial charge is 0.164 e. The summed E-state index contributed by atoms with van der Waals surface area (Å²) in [4.78, 5) is 11.2. The molecule has 0 aromatic carbocycles. The minimum Gasteiger partial charge on any atom is -0.360 e. The predicted octanol–water partition coefficient (Wildman–Crippen LogP) is 0.779. The normalized spacial score (nSPS) is 24.2. The molecule has 1 unspecified atom stereocenters. The average molecular weight is 229 g/mol. The maximum absolute atomic E-state index is 11.3. The molecule has 0 aliphatic carbocycles. The summed E-state index contributed by atoms with van der Waals surface area (Å²) in [6.07, 6.45) is 1.86. The molecule has 1 aromatic heterocycles. The largest absolute Gasteiger partial charge is 0.360 e. The molecule has 2 heterocycles. The van der Waals surface area contributed by atoms with E-state index in [4.69, 9.17) is 4.52 Å². The molecule has 1 atom stereocenters. The van der Waals surface area contributed by atoms with Crippen LogP contribution in [-0.4, -0.2) is 30.9 Å². The summed E-state index contributed by atoms with van der Waals surface area (Å²) in [5.74, 6) is 0.286. The van der Waals surface area contributed by atoms with E-state index in [2.05, 4.69) is 5.16 Å². The first-order valence-corrected chi connectivity index (χ1v) is 6.47. The number of nitrogens with zero attached hydrogens (tertiary/aromatic N) is 1. The van der Waals surface area contributed by atoms with Crippen LogP contribution in [0.3, 0.4) is 0 Å². The van der Waals surface area contributed by atoms with Gasteiger partial charge in [-0.3, -0.25) is 4.79 Å². The Morgan fingerprint density at radius 3 is 2.87 bits per heavy atom. The van der Waals surface area contributed by atoms with Crippen LogP contribution in [-0.2, 0) is 9.84 Å². The maximum atomic E-state index is 11.3. The van der Waals surface area contributed by atoms with Crippen LogP contribution >= 0.6 is 0 Å². The summed E-state index contributed by atoms with van der Waals surface area (Å²) in [6, 6.07) is 0. The molecule has 1 fully saturated rings. The van der Waals surface area contributed by atoms with E-state index in [1.807, 2.05) is 0 Å². The lowest BCUT2D eigenvalue weighted by atomic mass is 10.0. The van der Waals surface area contributed by atoms with Crippen molar-refractivity contribution in [3.8, 4) is 0 Å². The number of rotatable bonds is 2. The van der Waals surface area contributed by atoms with E-state index in [0.29, 0.717) is 17.7 Å². The van der Waals surface area contributed by atoms with Crippen molar-refractivity contribution in [2.24, 2.45) is 0 Å². The number of hydrogen-bond acceptors (Lipinski definition) is 5. The van der Waals surface area contributed by atoms with Crippen LogP contribution in [0.25, 0.3) is 0 Å². The van der Waals surface area contributed by atoms with Gasteiger partial charge >= 0.3 is 0 Å². The molecular formula is C9H11NO4S. The summed E-state index contributed by atoms with van der Waals surface area (Å²) in [5, 5.41) is 3.55. The van der Waals surface area contributed by atoms with Crippen LogP contribution in [0.1, 0.15) is 35.4 Å². The highest BCUT2D eigenvalue weighted by Gasteiger charge is 2.33. The van der Waals surface area contributed by atoms with Crippen LogP contribution in [0, 0.1) is 0 Å². The molecule has 0 radical (unpaired) electrons. The van der Waals surface area contributed by atoms with Crippen molar-refractivity contribution < 1.29 is 17.7 Å². The molecule has 0 spiro atoms. The van der Waals surface area contributed by atoms with E-state index in [1.54, 1.807) is 0 Å². The van der Waals surface area contributed by atoms with Gasteiger partial charge in [0.25, 0.3) is 0 Å². The number of carbonyl (C=O) groups excluding carboxylic acids is 1. The number of hydrogen-bond donors (Lipinski definition) is 0. The van der Waals surface area contributed by atoms with Gasteiger partial charge in [0.2, 0.25) is 0 Å². The Morgan fingerprint density at radius 2 is 2.33 bits per heavy atom. The minimum atomic E-state index is -2.96. The van der Waals surface area contributed by atoms with Gasteiger partial charge in [0, 0.05) is 5.92 Å². The van der Waals surface area contributed by atoms with E-state index in [1.165, 1.54) is 13.1 Å². The average Bonchev–Trinajstić information content (AvgIpc) is 2.69. The maximum Gasteiger partial charge on any atom is 0.164 e. The van der Waals surface area contributed by atoms with Crippen LogP contribution < -0.4 is 0 Å². The fourth-order valence-electron chi connectivity index (χ4n) is 1.81. The topological polar surface area (TPSA) is 77.2 Å². The molecule has 15 heavy (non-hydrogen) atoms. The van der Waals surface area contributed by atoms with Crippen LogP contribution in [0.5, 0.6) is 0 Å². The molecule has 1 aliphatic heterocycles. The Kier molecular flexibility index (Phi) is 2.38. The molecule has 6 heteroatoms. The van der Waals surface area contributed by atoms with Crippen molar-refractivity contribution >= 4 is 15.6 Å². The number of aromatic nitrogens is 1. The second-order valence-corrected chi connectivity index (χ2v) is 5.99. The minimum absolute atomic E-state index is 0.0580. The van der Waals surface area contributed by atoms with Gasteiger partial charge < -0.3 is 4.52 Å². The van der Waals surface area contributed by atoms with Gasteiger partial charge in [-0.1, -0.05) is 5.16 Å². The van der Waals surface area contributed by atoms with Crippen molar-refractivity contribution in [1.82, 2.24) is 5.16 Å². The van der Waals surface area contributed by atoms with Gasteiger partial charge in [-0.2, -0.15) is 0 Å². The van der Waals surface area contributed by atoms with Crippen molar-refractivity contribution in [3.05, 3.63) is 17.5 Å². The number of Topliss-reactive ketones (excluding diaryl/α,β-unsaturated/α-hetero) is 1. The fourth-order valence-corrected chi connectivity index (χ4v) is 3.55. The van der Waals surface area contributed by atoms with Crippen molar-refractivity contribution in [1.29, 1.82) is 0 Å². The Bertz CT molecular complexity index is 488. The van der Waals surface area contributed by atoms with Crippen LogP contribution in [0.2, 0.25) is 0 Å². The van der Waals surface area contributed by atoms with Gasteiger partial charge in [-0.05, 0) is 13.3 Å². The zero-order valence-corrected chi connectivity index (χ0v) is 9.08. The summed E-state index contributed by atoms with van der Waals surface area (Å²) in [7, 11) is -2.96. The van der Waals surface area contributed by atoms with E-state index >= 15 is 0 Å². The van der Waals surface area contributed by atoms with Gasteiger partial charge in [-0.15, -0.1) is 0 Å². The third-order valence-corrected chi connectivity index (χ3v) is 4.35. The lowest BCUT2D eigenvalue weighted by Crippen LogP contribution is -2.06. The third-order valence-electron chi connectivity index (χ3n) is 2.58. The monoisotopic (exact) mass is 229 g/mol. The van der Waals surface area contributed by atoms with Crippen LogP contribution in [0.15, 0.2) is 10.7 Å². The summed E-state index contributed by atoms with van der Waals surface area (Å²) < 4.78 is 27.5. The summed E-state index contributed by atoms with van der Waals surface area (Å²) in [5.41, 5.74) is 0.400.